The van der Waals surface area contributed by atoms with Gasteiger partial charge in [-0.05, 0) is 55.2 Å². The Morgan fingerprint density at radius 1 is 1.00 bits per heavy atom. The molecular weight excluding hydrogens is 374 g/mol. The monoisotopic (exact) mass is 401 g/mol. The summed E-state index contributed by atoms with van der Waals surface area (Å²) in [6.45, 7) is 6.55. The summed E-state index contributed by atoms with van der Waals surface area (Å²) in [5.74, 6) is 0.795. The Hall–Kier alpha value is -2.80. The van der Waals surface area contributed by atoms with Crippen LogP contribution in [0.4, 0.5) is 5.69 Å². The van der Waals surface area contributed by atoms with E-state index >= 15 is 0 Å². The fraction of sp³-hybridized carbons (Fsp3) is 0.333. The Morgan fingerprint density at radius 3 is 2.39 bits per heavy atom. The van der Waals surface area contributed by atoms with Crippen LogP contribution in [0.3, 0.4) is 0 Å². The highest BCUT2D eigenvalue weighted by atomic mass is 32.1. The second-order valence-electron chi connectivity index (χ2n) is 6.17. The van der Waals surface area contributed by atoms with Crippen molar-refractivity contribution in [2.75, 3.05) is 18.5 Å². The summed E-state index contributed by atoms with van der Waals surface area (Å²) < 4.78 is 11.2. The quantitative estimate of drug-likeness (QED) is 0.462. The second-order valence-corrected chi connectivity index (χ2v) is 6.58. The largest absolute Gasteiger partial charge is 0.490 e. The first-order valence-corrected chi connectivity index (χ1v) is 9.74. The van der Waals surface area contributed by atoms with Gasteiger partial charge in [0.25, 0.3) is 5.91 Å². The molecule has 0 aromatic heterocycles. The molecule has 0 atom stereocenters. The topological polar surface area (TPSA) is 71.6 Å². The lowest BCUT2D eigenvalue weighted by atomic mass is 10.1. The zero-order valence-electron chi connectivity index (χ0n) is 16.5. The summed E-state index contributed by atoms with van der Waals surface area (Å²) in [5, 5.41) is 3.45. The Kier molecular flexibility index (Phi) is 8.55. The number of ether oxygens (including phenoxy) is 2. The molecule has 1 amide bonds. The SMILES string of the molecule is CCCOc1ccccc1OCC(=O)NNC(=S)Nc1c(C)cccc1CC. The molecule has 2 rings (SSSR count). The Morgan fingerprint density at radius 2 is 1.71 bits per heavy atom. The zero-order chi connectivity index (χ0) is 20.4. The molecule has 0 aliphatic heterocycles. The van der Waals surface area contributed by atoms with E-state index in [1.165, 1.54) is 0 Å². The fourth-order valence-corrected chi connectivity index (χ4v) is 2.71. The van der Waals surface area contributed by atoms with Gasteiger partial charge in [0.05, 0.1) is 6.61 Å². The number of para-hydroxylation sites is 3. The smallest absolute Gasteiger partial charge is 0.276 e. The van der Waals surface area contributed by atoms with Gasteiger partial charge in [0.2, 0.25) is 0 Å². The Balaban J connectivity index is 1.82. The number of thiocarbonyl (C=S) groups is 1. The average Bonchev–Trinajstić information content (AvgIpc) is 2.71. The normalized spacial score (nSPS) is 10.1. The van der Waals surface area contributed by atoms with E-state index in [0.717, 1.165) is 29.7 Å². The first-order valence-electron chi connectivity index (χ1n) is 9.34. The van der Waals surface area contributed by atoms with Crippen molar-refractivity contribution >= 4 is 28.9 Å². The highest BCUT2D eigenvalue weighted by Crippen LogP contribution is 2.26. The minimum atomic E-state index is -0.352. The van der Waals surface area contributed by atoms with Crippen LogP contribution in [-0.4, -0.2) is 24.2 Å². The molecule has 0 fully saturated rings. The van der Waals surface area contributed by atoms with Crippen molar-refractivity contribution in [3.05, 3.63) is 53.6 Å². The molecule has 6 nitrogen and oxygen atoms in total. The van der Waals surface area contributed by atoms with Gasteiger partial charge in [0, 0.05) is 5.69 Å². The molecule has 28 heavy (non-hydrogen) atoms. The van der Waals surface area contributed by atoms with Gasteiger partial charge in [0.1, 0.15) is 0 Å². The van der Waals surface area contributed by atoms with Crippen LogP contribution in [0.1, 0.15) is 31.4 Å². The van der Waals surface area contributed by atoms with Crippen LogP contribution in [0.25, 0.3) is 0 Å². The summed E-state index contributed by atoms with van der Waals surface area (Å²) in [7, 11) is 0. The van der Waals surface area contributed by atoms with Gasteiger partial charge < -0.3 is 14.8 Å². The van der Waals surface area contributed by atoms with E-state index in [1.807, 2.05) is 50.2 Å². The Bertz CT molecular complexity index is 811. The van der Waals surface area contributed by atoms with Gasteiger partial charge in [-0.2, -0.15) is 0 Å². The molecule has 2 aromatic carbocycles. The fourth-order valence-electron chi connectivity index (χ4n) is 2.55. The summed E-state index contributed by atoms with van der Waals surface area (Å²) in [5.41, 5.74) is 8.43. The van der Waals surface area contributed by atoms with Crippen molar-refractivity contribution in [1.29, 1.82) is 0 Å². The highest BCUT2D eigenvalue weighted by Gasteiger charge is 2.09. The van der Waals surface area contributed by atoms with Crippen molar-refractivity contribution in [3.8, 4) is 11.5 Å². The predicted molar refractivity (Wildman–Crippen MR) is 116 cm³/mol. The van der Waals surface area contributed by atoms with Gasteiger partial charge in [-0.15, -0.1) is 0 Å². The molecule has 0 bridgehead atoms. The van der Waals surface area contributed by atoms with E-state index in [2.05, 4.69) is 23.1 Å². The van der Waals surface area contributed by atoms with Crippen LogP contribution in [-0.2, 0) is 11.2 Å². The van der Waals surface area contributed by atoms with Gasteiger partial charge in [-0.25, -0.2) is 0 Å². The molecule has 0 saturated carbocycles. The van der Waals surface area contributed by atoms with Crippen molar-refractivity contribution in [2.24, 2.45) is 0 Å². The summed E-state index contributed by atoms with van der Waals surface area (Å²) >= 11 is 5.27. The van der Waals surface area contributed by atoms with E-state index in [9.17, 15) is 4.79 Å². The molecule has 0 spiro atoms. The van der Waals surface area contributed by atoms with Crippen molar-refractivity contribution in [3.63, 3.8) is 0 Å². The predicted octanol–water partition coefficient (Wildman–Crippen LogP) is 3.74. The number of benzene rings is 2. The number of amides is 1. The van der Waals surface area contributed by atoms with Gasteiger partial charge in [-0.1, -0.05) is 44.2 Å². The number of rotatable bonds is 8. The zero-order valence-corrected chi connectivity index (χ0v) is 17.3. The molecule has 3 N–H and O–H groups in total. The highest BCUT2D eigenvalue weighted by molar-refractivity contribution is 7.80. The average molecular weight is 402 g/mol. The summed E-state index contributed by atoms with van der Waals surface area (Å²) in [4.78, 5) is 12.1. The molecule has 0 heterocycles. The molecule has 2 aromatic rings. The molecule has 0 saturated heterocycles. The lowest BCUT2D eigenvalue weighted by molar-refractivity contribution is -0.123. The lowest BCUT2D eigenvalue weighted by Gasteiger charge is -2.16. The molecular formula is C21H27N3O3S. The van der Waals surface area contributed by atoms with Crippen molar-refractivity contribution < 1.29 is 14.3 Å². The minimum absolute atomic E-state index is 0.160. The molecule has 0 aliphatic carbocycles. The van der Waals surface area contributed by atoms with E-state index in [-0.39, 0.29) is 12.5 Å². The summed E-state index contributed by atoms with van der Waals surface area (Å²) in [6.07, 6.45) is 1.77. The van der Waals surface area contributed by atoms with E-state index in [0.29, 0.717) is 23.2 Å². The Labute approximate surface area is 171 Å². The molecule has 0 unspecified atom stereocenters. The van der Waals surface area contributed by atoms with Crippen LogP contribution >= 0.6 is 12.2 Å². The van der Waals surface area contributed by atoms with Gasteiger partial charge in [-0.3, -0.25) is 15.6 Å². The third kappa shape index (κ3) is 6.42. The first-order chi connectivity index (χ1) is 13.5. The standard InChI is InChI=1S/C21H27N3O3S/c1-4-13-26-17-11-6-7-12-18(17)27-14-19(25)23-24-21(28)22-20-15(3)9-8-10-16(20)5-2/h6-12H,4-5,13-14H2,1-3H3,(H,23,25)(H2,22,24,28). The van der Waals surface area contributed by atoms with E-state index in [1.54, 1.807) is 6.07 Å². The number of carbonyl (C=O) groups excluding carboxylic acids is 1. The maximum atomic E-state index is 12.1. The third-order valence-corrected chi connectivity index (χ3v) is 4.17. The first kappa shape index (κ1) is 21.5. The van der Waals surface area contributed by atoms with Crippen LogP contribution in [0.2, 0.25) is 0 Å². The van der Waals surface area contributed by atoms with Crippen molar-refractivity contribution in [2.45, 2.75) is 33.6 Å². The number of aryl methyl sites for hydroxylation is 2. The molecule has 0 radical (unpaired) electrons. The number of nitrogens with one attached hydrogen (secondary N) is 3. The lowest BCUT2D eigenvalue weighted by Crippen LogP contribution is -2.45. The second kappa shape index (κ2) is 11.1. The number of anilines is 1. The maximum absolute atomic E-state index is 12.1. The van der Waals surface area contributed by atoms with Gasteiger partial charge in [0.15, 0.2) is 23.2 Å². The number of hydrogen-bond acceptors (Lipinski definition) is 4. The van der Waals surface area contributed by atoms with Crippen molar-refractivity contribution in [1.82, 2.24) is 10.9 Å². The van der Waals surface area contributed by atoms with Crippen LogP contribution in [0.15, 0.2) is 42.5 Å². The molecule has 150 valence electrons. The van der Waals surface area contributed by atoms with Crippen LogP contribution in [0.5, 0.6) is 11.5 Å². The number of hydrogen-bond donors (Lipinski definition) is 3. The third-order valence-electron chi connectivity index (χ3n) is 3.96. The minimum Gasteiger partial charge on any atom is -0.490 e. The van der Waals surface area contributed by atoms with Gasteiger partial charge >= 0.3 is 0 Å². The number of hydrazine groups is 1. The molecule has 7 heteroatoms. The van der Waals surface area contributed by atoms with Crippen LogP contribution < -0.4 is 25.6 Å². The number of carbonyl (C=O) groups is 1. The van der Waals surface area contributed by atoms with E-state index < -0.39 is 0 Å². The maximum Gasteiger partial charge on any atom is 0.276 e. The van der Waals surface area contributed by atoms with Crippen LogP contribution in [0, 0.1) is 6.92 Å². The molecule has 0 aliphatic rings. The van der Waals surface area contributed by atoms with E-state index in [4.69, 9.17) is 21.7 Å². The summed E-state index contributed by atoms with van der Waals surface area (Å²) in [6, 6.07) is 13.3.